The lowest BCUT2D eigenvalue weighted by Gasteiger charge is -2.14. The Morgan fingerprint density at radius 2 is 1.67 bits per heavy atom. The predicted molar refractivity (Wildman–Crippen MR) is 85.7 cm³/mol. The van der Waals surface area contributed by atoms with E-state index >= 15 is 0 Å². The normalized spacial score (nSPS) is 13.1. The fourth-order valence-corrected chi connectivity index (χ4v) is 2.35. The highest BCUT2D eigenvalue weighted by atomic mass is 16.5. The first kappa shape index (κ1) is 17.9. The number of carbonyl (C=O) groups excluding carboxylic acids is 3. The molecule has 1 heterocycles. The number of nitrogens with zero attached hydrogens (tertiary/aromatic N) is 1. The number of urea groups is 1. The first-order chi connectivity index (χ1) is 11.6. The molecule has 0 atom stereocenters. The second-order valence-electron chi connectivity index (χ2n) is 5.18. The van der Waals surface area contributed by atoms with Crippen molar-refractivity contribution in [1.29, 1.82) is 0 Å². The SMILES string of the molecule is O=C(NCCCN1C(=O)c2ccccc2C1=O)NCCOCCO. The van der Waals surface area contributed by atoms with Crippen molar-refractivity contribution in [2.24, 2.45) is 0 Å². The number of nitrogens with one attached hydrogen (secondary N) is 2. The lowest BCUT2D eigenvalue weighted by molar-refractivity contribution is 0.0653. The van der Waals surface area contributed by atoms with Crippen LogP contribution in [0.5, 0.6) is 0 Å². The van der Waals surface area contributed by atoms with Crippen molar-refractivity contribution in [2.45, 2.75) is 6.42 Å². The molecule has 1 aliphatic rings. The highest BCUT2D eigenvalue weighted by Crippen LogP contribution is 2.22. The van der Waals surface area contributed by atoms with Gasteiger partial charge < -0.3 is 20.5 Å². The summed E-state index contributed by atoms with van der Waals surface area (Å²) in [6, 6.07) is 6.39. The summed E-state index contributed by atoms with van der Waals surface area (Å²) in [6.45, 7) is 1.45. The minimum Gasteiger partial charge on any atom is -0.394 e. The smallest absolute Gasteiger partial charge is 0.314 e. The summed E-state index contributed by atoms with van der Waals surface area (Å²) in [5.74, 6) is -0.581. The van der Waals surface area contributed by atoms with Gasteiger partial charge in [0.05, 0.1) is 30.9 Å². The van der Waals surface area contributed by atoms with Crippen LogP contribution in [0.4, 0.5) is 4.79 Å². The van der Waals surface area contributed by atoms with Crippen molar-refractivity contribution in [2.75, 3.05) is 39.5 Å². The summed E-state index contributed by atoms with van der Waals surface area (Å²) in [5.41, 5.74) is 0.854. The number of rotatable bonds is 9. The maximum atomic E-state index is 12.1. The Morgan fingerprint density at radius 1 is 1.04 bits per heavy atom. The second-order valence-corrected chi connectivity index (χ2v) is 5.18. The molecule has 0 saturated heterocycles. The van der Waals surface area contributed by atoms with E-state index < -0.39 is 0 Å². The van der Waals surface area contributed by atoms with Crippen LogP contribution in [0.15, 0.2) is 24.3 Å². The van der Waals surface area contributed by atoms with E-state index in [2.05, 4.69) is 10.6 Å². The molecule has 0 saturated carbocycles. The number of amides is 4. The van der Waals surface area contributed by atoms with Crippen molar-refractivity contribution in [3.63, 3.8) is 0 Å². The Labute approximate surface area is 139 Å². The molecule has 1 aliphatic heterocycles. The molecular formula is C16H21N3O5. The molecule has 8 nitrogen and oxygen atoms in total. The van der Waals surface area contributed by atoms with Gasteiger partial charge in [0.2, 0.25) is 0 Å². The van der Waals surface area contributed by atoms with Gasteiger partial charge in [-0.1, -0.05) is 12.1 Å². The number of ether oxygens (including phenoxy) is 1. The fraction of sp³-hybridized carbons (Fsp3) is 0.438. The van der Waals surface area contributed by atoms with Crippen molar-refractivity contribution in [3.8, 4) is 0 Å². The van der Waals surface area contributed by atoms with Crippen LogP contribution in [0, 0.1) is 0 Å². The zero-order valence-electron chi connectivity index (χ0n) is 13.3. The van der Waals surface area contributed by atoms with E-state index in [-0.39, 0.29) is 37.6 Å². The number of imide groups is 1. The highest BCUT2D eigenvalue weighted by molar-refractivity contribution is 6.21. The average molecular weight is 335 g/mol. The van der Waals surface area contributed by atoms with Gasteiger partial charge in [0, 0.05) is 19.6 Å². The summed E-state index contributed by atoms with van der Waals surface area (Å²) >= 11 is 0. The van der Waals surface area contributed by atoms with Crippen LogP contribution in [-0.2, 0) is 4.74 Å². The minimum atomic E-state index is -0.343. The van der Waals surface area contributed by atoms with Crippen LogP contribution in [0.3, 0.4) is 0 Å². The van der Waals surface area contributed by atoms with E-state index in [1.165, 1.54) is 4.90 Å². The standard InChI is InChI=1S/C16H21N3O5/c20-9-11-24-10-7-18-16(23)17-6-3-8-19-14(21)12-4-1-2-5-13(12)15(19)22/h1-2,4-5,20H,3,6-11H2,(H2,17,18,23). The monoisotopic (exact) mass is 335 g/mol. The van der Waals surface area contributed by atoms with Gasteiger partial charge in [0.25, 0.3) is 11.8 Å². The van der Waals surface area contributed by atoms with Gasteiger partial charge in [0.15, 0.2) is 0 Å². The number of aliphatic hydroxyl groups excluding tert-OH is 1. The molecule has 24 heavy (non-hydrogen) atoms. The quantitative estimate of drug-likeness (QED) is 0.434. The van der Waals surface area contributed by atoms with Crippen LogP contribution in [0.1, 0.15) is 27.1 Å². The van der Waals surface area contributed by atoms with Crippen molar-refractivity contribution < 1.29 is 24.2 Å². The maximum Gasteiger partial charge on any atom is 0.314 e. The summed E-state index contributed by atoms with van der Waals surface area (Å²) in [7, 11) is 0. The zero-order valence-corrected chi connectivity index (χ0v) is 13.3. The molecule has 4 amide bonds. The van der Waals surface area contributed by atoms with E-state index in [1.807, 2.05) is 0 Å². The van der Waals surface area contributed by atoms with Crippen LogP contribution >= 0.6 is 0 Å². The molecule has 1 aromatic rings. The Kier molecular flexibility index (Phi) is 6.71. The third-order valence-electron chi connectivity index (χ3n) is 3.49. The molecule has 3 N–H and O–H groups in total. The minimum absolute atomic E-state index is 0.0516. The molecule has 8 heteroatoms. The molecule has 0 aromatic heterocycles. The first-order valence-corrected chi connectivity index (χ1v) is 7.80. The van der Waals surface area contributed by atoms with Crippen molar-refractivity contribution >= 4 is 17.8 Å². The number of carbonyl (C=O) groups is 3. The van der Waals surface area contributed by atoms with Crippen LogP contribution in [0.25, 0.3) is 0 Å². The number of benzene rings is 1. The van der Waals surface area contributed by atoms with Crippen LogP contribution in [0.2, 0.25) is 0 Å². The Morgan fingerprint density at radius 3 is 2.29 bits per heavy atom. The number of aliphatic hydroxyl groups is 1. The molecule has 0 fully saturated rings. The molecule has 1 aromatic carbocycles. The van der Waals surface area contributed by atoms with Gasteiger partial charge in [0.1, 0.15) is 0 Å². The molecule has 0 radical (unpaired) electrons. The molecule has 2 rings (SSSR count). The number of hydrogen-bond donors (Lipinski definition) is 3. The van der Waals surface area contributed by atoms with E-state index in [1.54, 1.807) is 24.3 Å². The van der Waals surface area contributed by atoms with Gasteiger partial charge in [-0.05, 0) is 18.6 Å². The number of hydrogen-bond acceptors (Lipinski definition) is 5. The number of fused-ring (bicyclic) bond motifs is 1. The van der Waals surface area contributed by atoms with Gasteiger partial charge in [-0.3, -0.25) is 14.5 Å². The molecule has 0 aliphatic carbocycles. The summed E-state index contributed by atoms with van der Waals surface area (Å²) in [6.07, 6.45) is 0.472. The van der Waals surface area contributed by atoms with E-state index in [0.717, 1.165) is 0 Å². The summed E-state index contributed by atoms with van der Waals surface area (Å²) in [5, 5.41) is 13.8. The summed E-state index contributed by atoms with van der Waals surface area (Å²) < 4.78 is 5.01. The predicted octanol–water partition coefficient (Wildman–Crippen LogP) is -0.0192. The highest BCUT2D eigenvalue weighted by Gasteiger charge is 2.34. The topological polar surface area (TPSA) is 108 Å². The van der Waals surface area contributed by atoms with Gasteiger partial charge in [-0.25, -0.2) is 4.79 Å². The van der Waals surface area contributed by atoms with Gasteiger partial charge in [-0.2, -0.15) is 0 Å². The van der Waals surface area contributed by atoms with Crippen molar-refractivity contribution in [3.05, 3.63) is 35.4 Å². The van der Waals surface area contributed by atoms with E-state index in [0.29, 0.717) is 37.2 Å². The third kappa shape index (κ3) is 4.53. The average Bonchev–Trinajstić information content (AvgIpc) is 2.83. The first-order valence-electron chi connectivity index (χ1n) is 7.80. The molecule has 0 spiro atoms. The van der Waals surface area contributed by atoms with Gasteiger partial charge >= 0.3 is 6.03 Å². The van der Waals surface area contributed by atoms with Gasteiger partial charge in [-0.15, -0.1) is 0 Å². The largest absolute Gasteiger partial charge is 0.394 e. The Bertz CT molecular complexity index is 570. The molecule has 0 bridgehead atoms. The maximum absolute atomic E-state index is 12.1. The van der Waals surface area contributed by atoms with Crippen LogP contribution < -0.4 is 10.6 Å². The van der Waals surface area contributed by atoms with E-state index in [4.69, 9.17) is 9.84 Å². The molecule has 130 valence electrons. The van der Waals surface area contributed by atoms with E-state index in [9.17, 15) is 14.4 Å². The van der Waals surface area contributed by atoms with Crippen LogP contribution in [-0.4, -0.2) is 67.3 Å². The zero-order chi connectivity index (χ0) is 17.4. The lowest BCUT2D eigenvalue weighted by Crippen LogP contribution is -2.39. The Hall–Kier alpha value is -2.45. The second kappa shape index (κ2) is 8.99. The summed E-state index contributed by atoms with van der Waals surface area (Å²) in [4.78, 5) is 37.0. The molecule has 0 unspecified atom stereocenters. The van der Waals surface area contributed by atoms with Crippen molar-refractivity contribution in [1.82, 2.24) is 15.5 Å². The lowest BCUT2D eigenvalue weighted by atomic mass is 10.1. The third-order valence-corrected chi connectivity index (χ3v) is 3.49. The Balaban J connectivity index is 1.64. The molecular weight excluding hydrogens is 314 g/mol. The fourth-order valence-electron chi connectivity index (χ4n) is 2.35.